The molecule has 2 aromatic heterocycles. The quantitative estimate of drug-likeness (QED) is 0.393. The molecule has 0 atom stereocenters. The van der Waals surface area contributed by atoms with Crippen molar-refractivity contribution in [2.75, 3.05) is 32.0 Å². The zero-order valence-corrected chi connectivity index (χ0v) is 20.7. The summed E-state index contributed by atoms with van der Waals surface area (Å²) in [6.45, 7) is 9.28. The minimum Gasteiger partial charge on any atom is -0.494 e. The van der Waals surface area contributed by atoms with Crippen LogP contribution in [0.1, 0.15) is 33.1 Å². The van der Waals surface area contributed by atoms with E-state index in [0.717, 1.165) is 64.2 Å². The fourth-order valence-corrected chi connectivity index (χ4v) is 4.91. The number of aryl methyl sites for hydroxylation is 1. The molecule has 0 amide bonds. The van der Waals surface area contributed by atoms with Crippen molar-refractivity contribution in [2.24, 2.45) is 5.92 Å². The molecule has 0 saturated carbocycles. The Hall–Kier alpha value is -2.90. The van der Waals surface area contributed by atoms with Crippen LogP contribution < -0.4 is 10.5 Å². The lowest BCUT2D eigenvalue weighted by Crippen LogP contribution is -2.33. The number of ether oxygens (including phenoxy) is 1. The molecule has 5 rings (SSSR count). The fraction of sp³-hybridized carbons (Fsp3) is 0.423. The van der Waals surface area contributed by atoms with Gasteiger partial charge in [-0.1, -0.05) is 25.1 Å². The molecule has 2 N–H and O–H groups in total. The number of likely N-dealkylation sites (tertiary alicyclic amines) is 1. The molecule has 34 heavy (non-hydrogen) atoms. The summed E-state index contributed by atoms with van der Waals surface area (Å²) >= 11 is 0. The van der Waals surface area contributed by atoms with Gasteiger partial charge in [-0.05, 0) is 80.7 Å². The zero-order valence-electron chi connectivity index (χ0n) is 19.9. The van der Waals surface area contributed by atoms with Crippen LogP contribution in [0.25, 0.3) is 33.1 Å². The van der Waals surface area contributed by atoms with Gasteiger partial charge in [-0.25, -0.2) is 14.6 Å². The van der Waals surface area contributed by atoms with E-state index in [0.29, 0.717) is 12.4 Å². The van der Waals surface area contributed by atoms with Crippen molar-refractivity contribution < 1.29 is 4.74 Å². The number of nitrogen functional groups attached to an aromatic ring is 1. The molecular formula is C26H33ClN6O. The lowest BCUT2D eigenvalue weighted by Gasteiger charge is -2.30. The van der Waals surface area contributed by atoms with Crippen LogP contribution in [-0.2, 0) is 6.54 Å². The van der Waals surface area contributed by atoms with Crippen LogP contribution in [0.4, 0.5) is 5.82 Å². The van der Waals surface area contributed by atoms with Gasteiger partial charge in [-0.3, -0.25) is 0 Å². The van der Waals surface area contributed by atoms with E-state index in [1.54, 1.807) is 0 Å². The summed E-state index contributed by atoms with van der Waals surface area (Å²) < 4.78 is 7.67. The average Bonchev–Trinajstić information content (AvgIpc) is 3.23. The maximum Gasteiger partial charge on any atom is 0.163 e. The van der Waals surface area contributed by atoms with Gasteiger partial charge in [0.05, 0.1) is 12.0 Å². The molecule has 1 aliphatic rings. The van der Waals surface area contributed by atoms with E-state index in [2.05, 4.69) is 52.1 Å². The molecule has 3 heterocycles. The van der Waals surface area contributed by atoms with E-state index in [1.165, 1.54) is 32.3 Å². The summed E-state index contributed by atoms with van der Waals surface area (Å²) in [5.41, 5.74) is 9.00. The van der Waals surface area contributed by atoms with E-state index >= 15 is 0 Å². The fourth-order valence-electron chi connectivity index (χ4n) is 4.91. The number of fused-ring (bicyclic) bond motifs is 2. The van der Waals surface area contributed by atoms with Gasteiger partial charge >= 0.3 is 0 Å². The Labute approximate surface area is 206 Å². The van der Waals surface area contributed by atoms with Crippen molar-refractivity contribution in [3.8, 4) is 17.0 Å². The Kier molecular flexibility index (Phi) is 7.54. The third kappa shape index (κ3) is 4.81. The van der Waals surface area contributed by atoms with Gasteiger partial charge in [0, 0.05) is 12.1 Å². The molecule has 1 fully saturated rings. The van der Waals surface area contributed by atoms with Gasteiger partial charge in [0.1, 0.15) is 23.6 Å². The van der Waals surface area contributed by atoms with Crippen LogP contribution in [0.15, 0.2) is 42.7 Å². The second kappa shape index (κ2) is 10.6. The van der Waals surface area contributed by atoms with Crippen LogP contribution >= 0.6 is 12.4 Å². The van der Waals surface area contributed by atoms with Crippen LogP contribution in [0.3, 0.4) is 0 Å². The number of hydrogen-bond donors (Lipinski definition) is 1. The largest absolute Gasteiger partial charge is 0.494 e. The molecule has 0 spiro atoms. The van der Waals surface area contributed by atoms with Crippen molar-refractivity contribution >= 4 is 40.0 Å². The van der Waals surface area contributed by atoms with Gasteiger partial charge in [-0.15, -0.1) is 12.4 Å². The van der Waals surface area contributed by atoms with Crippen LogP contribution in [0.2, 0.25) is 0 Å². The first-order valence-corrected chi connectivity index (χ1v) is 12.0. The van der Waals surface area contributed by atoms with Gasteiger partial charge in [0.25, 0.3) is 0 Å². The summed E-state index contributed by atoms with van der Waals surface area (Å²) in [5, 5.41) is 8.10. The first-order chi connectivity index (χ1) is 16.2. The highest BCUT2D eigenvalue weighted by molar-refractivity contribution is 6.00. The van der Waals surface area contributed by atoms with Gasteiger partial charge in [-0.2, -0.15) is 5.10 Å². The predicted molar refractivity (Wildman–Crippen MR) is 141 cm³/mol. The number of benzene rings is 2. The monoisotopic (exact) mass is 480 g/mol. The smallest absolute Gasteiger partial charge is 0.163 e. The Bertz CT molecular complexity index is 1270. The maximum absolute atomic E-state index is 6.32. The summed E-state index contributed by atoms with van der Waals surface area (Å²) in [4.78, 5) is 11.3. The highest BCUT2D eigenvalue weighted by Gasteiger charge is 2.21. The zero-order chi connectivity index (χ0) is 22.8. The molecule has 2 aromatic carbocycles. The molecule has 1 aliphatic heterocycles. The van der Waals surface area contributed by atoms with Crippen molar-refractivity contribution in [3.05, 3.63) is 42.7 Å². The lowest BCUT2D eigenvalue weighted by atomic mass is 9.93. The molecule has 0 bridgehead atoms. The van der Waals surface area contributed by atoms with Crippen LogP contribution in [-0.4, -0.2) is 50.9 Å². The summed E-state index contributed by atoms with van der Waals surface area (Å²) in [5.74, 6) is 2.09. The molecule has 4 aromatic rings. The van der Waals surface area contributed by atoms with Gasteiger partial charge < -0.3 is 15.4 Å². The first kappa shape index (κ1) is 24.2. The molecule has 0 aliphatic carbocycles. The lowest BCUT2D eigenvalue weighted by molar-refractivity contribution is 0.183. The summed E-state index contributed by atoms with van der Waals surface area (Å²) in [7, 11) is 0. The topological polar surface area (TPSA) is 82.1 Å². The highest BCUT2D eigenvalue weighted by atomic mass is 35.5. The van der Waals surface area contributed by atoms with Crippen molar-refractivity contribution in [3.63, 3.8) is 0 Å². The third-order valence-electron chi connectivity index (χ3n) is 6.86. The SMILES string of the molecule is CCOc1ccc2cc(-c3nn(CCC4CCN(CC)CC4)c4ncnc(N)c34)ccc2c1.Cl. The minimum absolute atomic E-state index is 0. The molecule has 0 radical (unpaired) electrons. The second-order valence-electron chi connectivity index (χ2n) is 8.85. The standard InChI is InChI=1S/C26H32N6O.ClH/c1-3-31-12-9-18(10-13-31)11-14-32-26-23(25(27)28-17-29-26)24(30-32)21-6-5-20-16-22(33-4-2)8-7-19(20)15-21;/h5-8,15-18H,3-4,9-14H2,1-2H3,(H2,27,28,29);1H. The summed E-state index contributed by atoms with van der Waals surface area (Å²) in [6.07, 6.45) is 5.15. The minimum atomic E-state index is 0. The number of halogens is 1. The number of rotatable bonds is 7. The number of nitrogens with two attached hydrogens (primary N) is 1. The number of anilines is 1. The molecular weight excluding hydrogens is 448 g/mol. The van der Waals surface area contributed by atoms with Crippen LogP contribution in [0, 0.1) is 5.92 Å². The van der Waals surface area contributed by atoms with E-state index in [4.69, 9.17) is 15.6 Å². The first-order valence-electron chi connectivity index (χ1n) is 12.0. The second-order valence-corrected chi connectivity index (χ2v) is 8.85. The van der Waals surface area contributed by atoms with Crippen molar-refractivity contribution in [1.29, 1.82) is 0 Å². The average molecular weight is 481 g/mol. The Balaban J connectivity index is 0.00000274. The van der Waals surface area contributed by atoms with E-state index in [1.807, 2.05) is 17.7 Å². The molecule has 0 unspecified atom stereocenters. The molecule has 8 heteroatoms. The van der Waals surface area contributed by atoms with Crippen molar-refractivity contribution in [2.45, 2.75) is 39.7 Å². The maximum atomic E-state index is 6.32. The van der Waals surface area contributed by atoms with E-state index in [9.17, 15) is 0 Å². The normalized spacial score (nSPS) is 15.0. The summed E-state index contributed by atoms with van der Waals surface area (Å²) in [6, 6.07) is 12.5. The number of piperidine rings is 1. The Morgan fingerprint density at radius 1 is 1.03 bits per heavy atom. The predicted octanol–water partition coefficient (Wildman–Crippen LogP) is 5.17. The van der Waals surface area contributed by atoms with E-state index < -0.39 is 0 Å². The number of hydrogen-bond acceptors (Lipinski definition) is 6. The Morgan fingerprint density at radius 3 is 2.56 bits per heavy atom. The molecule has 1 saturated heterocycles. The molecule has 180 valence electrons. The van der Waals surface area contributed by atoms with Gasteiger partial charge in [0.15, 0.2) is 5.65 Å². The highest BCUT2D eigenvalue weighted by Crippen LogP contribution is 2.33. The Morgan fingerprint density at radius 2 is 1.79 bits per heavy atom. The van der Waals surface area contributed by atoms with Gasteiger partial charge in [0.2, 0.25) is 0 Å². The number of nitrogens with zero attached hydrogens (tertiary/aromatic N) is 5. The third-order valence-corrected chi connectivity index (χ3v) is 6.86. The molecule has 7 nitrogen and oxygen atoms in total. The van der Waals surface area contributed by atoms with Crippen LogP contribution in [0.5, 0.6) is 5.75 Å². The number of aromatic nitrogens is 4. The van der Waals surface area contributed by atoms with Crippen molar-refractivity contribution in [1.82, 2.24) is 24.6 Å². The van der Waals surface area contributed by atoms with E-state index in [-0.39, 0.29) is 12.4 Å².